The predicted octanol–water partition coefficient (Wildman–Crippen LogP) is 2.69. The van der Waals surface area contributed by atoms with Crippen molar-refractivity contribution < 1.29 is 14.0 Å². The van der Waals surface area contributed by atoms with Gasteiger partial charge >= 0.3 is 0 Å². The Kier molecular flexibility index (Phi) is 4.42. The quantitative estimate of drug-likeness (QED) is 0.388. The third kappa shape index (κ3) is 2.84. The molecule has 1 atom stereocenters. The first-order valence-corrected chi connectivity index (χ1v) is 6.78. The molecule has 1 aliphatic rings. The largest absolute Gasteiger partial charge is 0.409 e. The maximum Gasteiger partial charge on any atom is 0.170 e. The summed E-state index contributed by atoms with van der Waals surface area (Å²) in [6.07, 6.45) is 3.03. The number of anilines is 1. The lowest BCUT2D eigenvalue weighted by Crippen LogP contribution is -2.36. The molecule has 0 amide bonds. The lowest BCUT2D eigenvalue weighted by atomic mass is 9.95. The van der Waals surface area contributed by atoms with E-state index in [0.717, 1.165) is 31.4 Å². The zero-order valence-corrected chi connectivity index (χ0v) is 11.4. The first kappa shape index (κ1) is 14.6. The SMILES string of the molecule is CCC1CCCN(c2c(F)cc(C(N)=NO)cc2F)C1. The highest BCUT2D eigenvalue weighted by Crippen LogP contribution is 2.30. The second-order valence-electron chi connectivity index (χ2n) is 5.14. The maximum absolute atomic E-state index is 14.1. The number of nitrogens with zero attached hydrogens (tertiary/aromatic N) is 2. The summed E-state index contributed by atoms with van der Waals surface area (Å²) in [6.45, 7) is 3.39. The van der Waals surface area contributed by atoms with Gasteiger partial charge in [0.1, 0.15) is 17.3 Å². The number of nitrogens with two attached hydrogens (primary N) is 1. The molecule has 4 nitrogen and oxygen atoms in total. The number of hydrogen-bond donors (Lipinski definition) is 2. The Balaban J connectivity index is 2.33. The first-order chi connectivity index (χ1) is 9.56. The molecule has 0 aromatic heterocycles. The second-order valence-corrected chi connectivity index (χ2v) is 5.14. The average molecular weight is 283 g/mol. The molecule has 1 unspecified atom stereocenters. The summed E-state index contributed by atoms with van der Waals surface area (Å²) in [6, 6.07) is 2.20. The first-order valence-electron chi connectivity index (χ1n) is 6.78. The highest BCUT2D eigenvalue weighted by molar-refractivity contribution is 5.97. The fourth-order valence-electron chi connectivity index (χ4n) is 2.67. The summed E-state index contributed by atoms with van der Waals surface area (Å²) >= 11 is 0. The fraction of sp³-hybridized carbons (Fsp3) is 0.500. The Hall–Kier alpha value is -1.85. The van der Waals surface area contributed by atoms with Crippen LogP contribution >= 0.6 is 0 Å². The summed E-state index contributed by atoms with van der Waals surface area (Å²) in [5, 5.41) is 11.3. The second kappa shape index (κ2) is 6.07. The van der Waals surface area contributed by atoms with E-state index in [1.54, 1.807) is 4.90 Å². The minimum absolute atomic E-state index is 0.0161. The number of oxime groups is 1. The van der Waals surface area contributed by atoms with Gasteiger partial charge in [0.05, 0.1) is 0 Å². The molecule has 3 N–H and O–H groups in total. The summed E-state index contributed by atoms with van der Waals surface area (Å²) in [5.74, 6) is -1.20. The van der Waals surface area contributed by atoms with E-state index >= 15 is 0 Å². The van der Waals surface area contributed by atoms with Crippen molar-refractivity contribution in [1.82, 2.24) is 0 Å². The molecule has 0 spiro atoms. The van der Waals surface area contributed by atoms with E-state index in [1.165, 1.54) is 0 Å². The highest BCUT2D eigenvalue weighted by atomic mass is 19.1. The molecular weight excluding hydrogens is 264 g/mol. The van der Waals surface area contributed by atoms with E-state index in [4.69, 9.17) is 10.9 Å². The monoisotopic (exact) mass is 283 g/mol. The number of hydrogen-bond acceptors (Lipinski definition) is 3. The number of piperidine rings is 1. The van der Waals surface area contributed by atoms with Crippen LogP contribution in [0.2, 0.25) is 0 Å². The molecule has 110 valence electrons. The fourth-order valence-corrected chi connectivity index (χ4v) is 2.67. The number of benzene rings is 1. The van der Waals surface area contributed by atoms with Crippen LogP contribution in [0, 0.1) is 17.6 Å². The molecule has 1 aromatic rings. The van der Waals surface area contributed by atoms with Crippen LogP contribution < -0.4 is 10.6 Å². The van der Waals surface area contributed by atoms with Gasteiger partial charge in [-0.2, -0.15) is 0 Å². The van der Waals surface area contributed by atoms with Crippen LogP contribution in [0.1, 0.15) is 31.7 Å². The van der Waals surface area contributed by atoms with Crippen molar-refractivity contribution in [2.45, 2.75) is 26.2 Å². The Bertz CT molecular complexity index is 496. The van der Waals surface area contributed by atoms with E-state index in [1.807, 2.05) is 0 Å². The van der Waals surface area contributed by atoms with E-state index in [2.05, 4.69) is 12.1 Å². The zero-order chi connectivity index (χ0) is 14.7. The van der Waals surface area contributed by atoms with E-state index in [-0.39, 0.29) is 17.1 Å². The third-order valence-electron chi connectivity index (χ3n) is 3.83. The molecular formula is C14H19F2N3O. The normalized spacial score (nSPS) is 20.2. The lowest BCUT2D eigenvalue weighted by Gasteiger charge is -2.34. The van der Waals surface area contributed by atoms with Crippen LogP contribution in [0.4, 0.5) is 14.5 Å². The lowest BCUT2D eigenvalue weighted by molar-refractivity contribution is 0.318. The van der Waals surface area contributed by atoms with Gasteiger partial charge in [-0.25, -0.2) is 8.78 Å². The van der Waals surface area contributed by atoms with Gasteiger partial charge < -0.3 is 15.8 Å². The van der Waals surface area contributed by atoms with Crippen LogP contribution in [-0.4, -0.2) is 24.1 Å². The van der Waals surface area contributed by atoms with Crippen molar-refractivity contribution in [2.75, 3.05) is 18.0 Å². The van der Waals surface area contributed by atoms with Crippen LogP contribution in [0.5, 0.6) is 0 Å². The predicted molar refractivity (Wildman–Crippen MR) is 74.1 cm³/mol. The third-order valence-corrected chi connectivity index (χ3v) is 3.83. The number of amidine groups is 1. The maximum atomic E-state index is 14.1. The van der Waals surface area contributed by atoms with Crippen molar-refractivity contribution in [2.24, 2.45) is 16.8 Å². The van der Waals surface area contributed by atoms with Crippen LogP contribution in [0.25, 0.3) is 0 Å². The molecule has 1 fully saturated rings. The Morgan fingerprint density at radius 3 is 2.65 bits per heavy atom. The molecule has 2 rings (SSSR count). The average Bonchev–Trinajstić information content (AvgIpc) is 2.45. The van der Waals surface area contributed by atoms with Crippen LogP contribution in [0.3, 0.4) is 0 Å². The van der Waals surface area contributed by atoms with Crippen molar-refractivity contribution in [3.05, 3.63) is 29.3 Å². The summed E-state index contributed by atoms with van der Waals surface area (Å²) in [4.78, 5) is 1.75. The molecule has 0 saturated carbocycles. The standard InChI is InChI=1S/C14H19F2N3O/c1-2-9-4-3-5-19(8-9)13-11(15)6-10(7-12(13)16)14(17)18-20/h6-7,9,20H,2-5,8H2,1H3,(H2,17,18). The van der Waals surface area contributed by atoms with E-state index in [9.17, 15) is 8.78 Å². The van der Waals surface area contributed by atoms with Gasteiger partial charge in [-0.1, -0.05) is 18.5 Å². The minimum atomic E-state index is -0.677. The molecule has 20 heavy (non-hydrogen) atoms. The van der Waals surface area contributed by atoms with Gasteiger partial charge in [-0.05, 0) is 30.9 Å². The van der Waals surface area contributed by atoms with Crippen molar-refractivity contribution in [3.8, 4) is 0 Å². The number of rotatable bonds is 3. The Morgan fingerprint density at radius 2 is 2.10 bits per heavy atom. The molecule has 1 aromatic carbocycles. The smallest absolute Gasteiger partial charge is 0.170 e. The molecule has 0 bridgehead atoms. The molecule has 1 saturated heterocycles. The Morgan fingerprint density at radius 1 is 1.45 bits per heavy atom. The molecule has 0 radical (unpaired) electrons. The van der Waals surface area contributed by atoms with Crippen molar-refractivity contribution in [3.63, 3.8) is 0 Å². The van der Waals surface area contributed by atoms with Gasteiger partial charge in [0.15, 0.2) is 5.84 Å². The highest BCUT2D eigenvalue weighted by Gasteiger charge is 2.24. The van der Waals surface area contributed by atoms with Crippen LogP contribution in [-0.2, 0) is 0 Å². The summed E-state index contributed by atoms with van der Waals surface area (Å²) < 4.78 is 28.3. The van der Waals surface area contributed by atoms with Crippen LogP contribution in [0.15, 0.2) is 17.3 Å². The topological polar surface area (TPSA) is 61.8 Å². The molecule has 6 heteroatoms. The van der Waals surface area contributed by atoms with Gasteiger partial charge in [-0.3, -0.25) is 0 Å². The number of halogens is 2. The molecule has 1 aliphatic heterocycles. The van der Waals surface area contributed by atoms with Gasteiger partial charge in [0.25, 0.3) is 0 Å². The Labute approximate surface area is 116 Å². The van der Waals surface area contributed by atoms with Gasteiger partial charge in [0, 0.05) is 18.7 Å². The zero-order valence-electron chi connectivity index (χ0n) is 11.4. The summed E-state index contributed by atoms with van der Waals surface area (Å²) in [7, 11) is 0. The summed E-state index contributed by atoms with van der Waals surface area (Å²) in [5.41, 5.74) is 5.38. The minimum Gasteiger partial charge on any atom is -0.409 e. The molecule has 0 aliphatic carbocycles. The van der Waals surface area contributed by atoms with Crippen molar-refractivity contribution in [1.29, 1.82) is 0 Å². The van der Waals surface area contributed by atoms with Gasteiger partial charge in [0.2, 0.25) is 0 Å². The van der Waals surface area contributed by atoms with E-state index < -0.39 is 11.6 Å². The molecule has 1 heterocycles. The van der Waals surface area contributed by atoms with Crippen molar-refractivity contribution >= 4 is 11.5 Å². The van der Waals surface area contributed by atoms with Gasteiger partial charge in [-0.15, -0.1) is 0 Å². The van der Waals surface area contributed by atoms with E-state index in [0.29, 0.717) is 19.0 Å².